The highest BCUT2D eigenvalue weighted by molar-refractivity contribution is 7.91. The van der Waals surface area contributed by atoms with Crippen molar-refractivity contribution >= 4 is 21.4 Å². The lowest BCUT2D eigenvalue weighted by Gasteiger charge is -2.11. The second-order valence-corrected chi connectivity index (χ2v) is 9.11. The Labute approximate surface area is 181 Å². The summed E-state index contributed by atoms with van der Waals surface area (Å²) in [5.41, 5.74) is -0.819. The number of methoxy groups -OCH3 is 1. The molecule has 1 heterocycles. The molecule has 0 saturated carbocycles. The number of aromatic nitrogens is 2. The highest BCUT2D eigenvalue weighted by Gasteiger charge is 2.38. The number of rotatable bonds is 7. The van der Waals surface area contributed by atoms with Crippen molar-refractivity contribution in [3.05, 3.63) is 53.2 Å². The summed E-state index contributed by atoms with van der Waals surface area (Å²) in [7, 11) is -2.22. The minimum absolute atomic E-state index is 0.00493. The molecule has 6 nitrogen and oxygen atoms in total. The molecule has 11 heteroatoms. The zero-order valence-corrected chi connectivity index (χ0v) is 17.8. The number of halogens is 4. The molecule has 0 spiro atoms. The Morgan fingerprint density at radius 2 is 1.77 bits per heavy atom. The van der Waals surface area contributed by atoms with Crippen molar-refractivity contribution in [2.45, 2.75) is 17.5 Å². The van der Waals surface area contributed by atoms with E-state index in [4.69, 9.17) is 21.4 Å². The van der Waals surface area contributed by atoms with Crippen LogP contribution in [0.5, 0.6) is 5.75 Å². The van der Waals surface area contributed by atoms with Crippen molar-refractivity contribution in [1.82, 2.24) is 10.2 Å². The number of hydrogen-bond acceptors (Lipinski definition) is 5. The molecule has 2 aromatic carbocycles. The maximum Gasteiger partial charge on any atom is 0.433 e. The van der Waals surface area contributed by atoms with E-state index in [0.29, 0.717) is 5.75 Å². The number of benzene rings is 2. The fourth-order valence-electron chi connectivity index (χ4n) is 3.05. The van der Waals surface area contributed by atoms with Crippen LogP contribution in [0.4, 0.5) is 13.2 Å². The van der Waals surface area contributed by atoms with Gasteiger partial charge in [-0.15, -0.1) is 0 Å². The van der Waals surface area contributed by atoms with Gasteiger partial charge in [0.2, 0.25) is 0 Å². The maximum atomic E-state index is 13.6. The van der Waals surface area contributed by atoms with Crippen LogP contribution < -0.4 is 4.74 Å². The van der Waals surface area contributed by atoms with Gasteiger partial charge in [-0.25, -0.2) is 8.42 Å². The monoisotopic (exact) mass is 474 g/mol. The first-order valence-corrected chi connectivity index (χ1v) is 11.0. The van der Waals surface area contributed by atoms with E-state index in [1.807, 2.05) is 5.10 Å². The van der Waals surface area contributed by atoms with Crippen LogP contribution >= 0.6 is 11.6 Å². The van der Waals surface area contributed by atoms with E-state index in [1.165, 1.54) is 49.6 Å². The molecule has 3 rings (SSSR count). The molecule has 0 unspecified atom stereocenters. The fraction of sp³-hybridized carbons (Fsp3) is 0.250. The molecule has 0 radical (unpaired) electrons. The minimum atomic E-state index is -4.71. The molecule has 166 valence electrons. The van der Waals surface area contributed by atoms with Gasteiger partial charge in [0, 0.05) is 17.7 Å². The molecule has 0 aliphatic carbocycles. The summed E-state index contributed by atoms with van der Waals surface area (Å²) in [6, 6.07) is 9.60. The number of sulfone groups is 1. The van der Waals surface area contributed by atoms with Crippen molar-refractivity contribution in [2.75, 3.05) is 19.5 Å². The molecule has 31 heavy (non-hydrogen) atoms. The number of aromatic amines is 1. The second kappa shape index (κ2) is 8.89. The van der Waals surface area contributed by atoms with Gasteiger partial charge >= 0.3 is 6.18 Å². The molecule has 2 N–H and O–H groups in total. The number of aliphatic hydroxyl groups is 1. The molecular formula is C20H18ClF3N2O4S. The molecule has 0 fully saturated rings. The van der Waals surface area contributed by atoms with E-state index >= 15 is 0 Å². The standard InChI is InChI=1S/C20H18ClF3N2O4S/c1-30-16-8-5-13(11-15(16)21)17-18(25-26-19(17)20(22,23)24)12-3-6-14(7-4-12)31(28,29)10-2-9-27/h3-8,11,27H,2,9-10H2,1H3,(H,25,26). The van der Waals surface area contributed by atoms with Crippen molar-refractivity contribution in [3.63, 3.8) is 0 Å². The third kappa shape index (κ3) is 4.86. The predicted molar refractivity (Wildman–Crippen MR) is 110 cm³/mol. The Hall–Kier alpha value is -2.56. The number of hydrogen-bond donors (Lipinski definition) is 2. The lowest BCUT2D eigenvalue weighted by Crippen LogP contribution is -2.08. The minimum Gasteiger partial charge on any atom is -0.495 e. The highest BCUT2D eigenvalue weighted by atomic mass is 35.5. The Morgan fingerprint density at radius 3 is 2.32 bits per heavy atom. The predicted octanol–water partition coefficient (Wildman–Crippen LogP) is 4.58. The van der Waals surface area contributed by atoms with Gasteiger partial charge in [-0.2, -0.15) is 18.3 Å². The van der Waals surface area contributed by atoms with E-state index in [9.17, 15) is 21.6 Å². The molecule has 0 bridgehead atoms. The fourth-order valence-corrected chi connectivity index (χ4v) is 4.60. The quantitative estimate of drug-likeness (QED) is 0.523. The second-order valence-electron chi connectivity index (χ2n) is 6.59. The van der Waals surface area contributed by atoms with Crippen molar-refractivity contribution in [3.8, 4) is 28.1 Å². The zero-order chi connectivity index (χ0) is 22.8. The van der Waals surface area contributed by atoms with Crippen LogP contribution in [0.1, 0.15) is 12.1 Å². The van der Waals surface area contributed by atoms with Gasteiger partial charge in [0.1, 0.15) is 17.1 Å². The van der Waals surface area contributed by atoms with E-state index in [1.54, 1.807) is 0 Å². The molecule has 0 aliphatic rings. The van der Waals surface area contributed by atoms with Crippen LogP contribution in [0, 0.1) is 0 Å². The molecule has 0 amide bonds. The molecule has 3 aromatic rings. The van der Waals surface area contributed by atoms with Crippen molar-refractivity contribution in [1.29, 1.82) is 0 Å². The van der Waals surface area contributed by atoms with Gasteiger partial charge in [0.25, 0.3) is 0 Å². The molecule has 0 saturated heterocycles. The summed E-state index contributed by atoms with van der Waals surface area (Å²) >= 11 is 6.10. The molecule has 0 aliphatic heterocycles. The number of nitrogens with zero attached hydrogens (tertiary/aromatic N) is 1. The molecule has 0 atom stereocenters. The van der Waals surface area contributed by atoms with Gasteiger partial charge in [0.15, 0.2) is 9.84 Å². The highest BCUT2D eigenvalue weighted by Crippen LogP contribution is 2.42. The summed E-state index contributed by atoms with van der Waals surface area (Å²) in [5.74, 6) is 0.0699. The molecule has 1 aromatic heterocycles. The van der Waals surface area contributed by atoms with Gasteiger partial charge in [-0.3, -0.25) is 5.10 Å². The average molecular weight is 475 g/mol. The number of ether oxygens (including phenoxy) is 1. The Morgan fingerprint density at radius 1 is 1.13 bits per heavy atom. The first-order chi connectivity index (χ1) is 14.6. The number of nitrogens with one attached hydrogen (secondary N) is 1. The van der Waals surface area contributed by atoms with Gasteiger partial charge in [-0.05, 0) is 36.2 Å². The summed E-state index contributed by atoms with van der Waals surface area (Å²) in [6.45, 7) is -0.265. The Balaban J connectivity index is 2.10. The summed E-state index contributed by atoms with van der Waals surface area (Å²) in [4.78, 5) is 0.00493. The van der Waals surface area contributed by atoms with Gasteiger partial charge < -0.3 is 9.84 Å². The zero-order valence-electron chi connectivity index (χ0n) is 16.2. The number of aliphatic hydroxyl groups excluding tert-OH is 1. The summed E-state index contributed by atoms with van der Waals surface area (Å²) in [5, 5.41) is 14.9. The van der Waals surface area contributed by atoms with Gasteiger partial charge in [-0.1, -0.05) is 29.8 Å². The molecular weight excluding hydrogens is 457 g/mol. The van der Waals surface area contributed by atoms with E-state index in [0.717, 1.165) is 0 Å². The van der Waals surface area contributed by atoms with E-state index in [2.05, 4.69) is 5.10 Å². The first-order valence-electron chi connectivity index (χ1n) is 9.02. The Kier molecular flexibility index (Phi) is 6.63. The third-order valence-corrected chi connectivity index (χ3v) is 6.66. The topological polar surface area (TPSA) is 92.3 Å². The summed E-state index contributed by atoms with van der Waals surface area (Å²) in [6.07, 6.45) is -4.62. The van der Waals surface area contributed by atoms with E-state index in [-0.39, 0.29) is 51.1 Å². The lowest BCUT2D eigenvalue weighted by atomic mass is 9.98. The van der Waals surface area contributed by atoms with Crippen LogP contribution in [0.3, 0.4) is 0 Å². The third-order valence-electron chi connectivity index (χ3n) is 4.55. The smallest absolute Gasteiger partial charge is 0.433 e. The average Bonchev–Trinajstić information content (AvgIpc) is 3.18. The van der Waals surface area contributed by atoms with Crippen LogP contribution in [0.25, 0.3) is 22.4 Å². The van der Waals surface area contributed by atoms with Crippen molar-refractivity contribution in [2.24, 2.45) is 0 Å². The normalized spacial score (nSPS) is 12.2. The van der Waals surface area contributed by atoms with Crippen LogP contribution in [0.15, 0.2) is 47.4 Å². The maximum absolute atomic E-state index is 13.6. The Bertz CT molecular complexity index is 1180. The number of H-pyrrole nitrogens is 1. The van der Waals surface area contributed by atoms with Gasteiger partial charge in [0.05, 0.1) is 22.8 Å². The number of alkyl halides is 3. The van der Waals surface area contributed by atoms with Crippen LogP contribution in [-0.2, 0) is 16.0 Å². The lowest BCUT2D eigenvalue weighted by molar-refractivity contribution is -0.140. The first kappa shape index (κ1) is 23.1. The SMILES string of the molecule is COc1ccc(-c2c(-c3ccc(S(=O)(=O)CCCO)cc3)n[nH]c2C(F)(F)F)cc1Cl. The van der Waals surface area contributed by atoms with Crippen LogP contribution in [-0.4, -0.2) is 43.2 Å². The van der Waals surface area contributed by atoms with E-state index < -0.39 is 21.7 Å². The van der Waals surface area contributed by atoms with Crippen LogP contribution in [0.2, 0.25) is 5.02 Å². The summed E-state index contributed by atoms with van der Waals surface area (Å²) < 4.78 is 70.4. The largest absolute Gasteiger partial charge is 0.495 e. The van der Waals surface area contributed by atoms with Crippen molar-refractivity contribution < 1.29 is 31.4 Å².